The van der Waals surface area contributed by atoms with Crippen molar-refractivity contribution in [3.8, 4) is 0 Å². The molecule has 9 heteroatoms. The smallest absolute Gasteiger partial charge is 0.264 e. The highest BCUT2D eigenvalue weighted by Gasteiger charge is 2.15. The molecule has 0 unspecified atom stereocenters. The molecule has 0 aliphatic carbocycles. The molecule has 0 saturated carbocycles. The van der Waals surface area contributed by atoms with Crippen LogP contribution >= 0.6 is 22.4 Å². The van der Waals surface area contributed by atoms with Crippen molar-refractivity contribution in [1.29, 1.82) is 0 Å². The van der Waals surface area contributed by atoms with Crippen molar-refractivity contribution >= 4 is 48.0 Å². The van der Waals surface area contributed by atoms with Crippen LogP contribution in [-0.2, 0) is 9.05 Å². The summed E-state index contributed by atoms with van der Waals surface area (Å²) < 4.78 is 21.8. The van der Waals surface area contributed by atoms with Gasteiger partial charge in [-0.1, -0.05) is 0 Å². The molecule has 0 aliphatic rings. The maximum atomic E-state index is 11.0. The zero-order valence-electron chi connectivity index (χ0n) is 10.0. The molecule has 0 radical (unpaired) electrons. The van der Waals surface area contributed by atoms with Gasteiger partial charge in [-0.15, -0.1) is 11.8 Å². The zero-order chi connectivity index (χ0) is 14.8. The molecule has 106 valence electrons. The number of benzene rings is 1. The van der Waals surface area contributed by atoms with E-state index in [0.717, 1.165) is 4.90 Å². The second-order valence-corrected chi connectivity index (χ2v) is 7.89. The predicted octanol–water partition coefficient (Wildman–Crippen LogP) is 2.80. The fourth-order valence-electron chi connectivity index (χ4n) is 1.68. The fraction of sp³-hybridized carbons (Fsp3) is 0.182. The molecular formula is C11H9ClN2O4S2. The van der Waals surface area contributed by atoms with Gasteiger partial charge >= 0.3 is 0 Å². The van der Waals surface area contributed by atoms with E-state index in [-0.39, 0.29) is 17.2 Å². The summed E-state index contributed by atoms with van der Waals surface area (Å²) in [5.41, 5.74) is -0.00304. The molecule has 0 fully saturated rings. The molecule has 6 nitrogen and oxygen atoms in total. The molecule has 0 amide bonds. The first-order valence-corrected chi connectivity index (χ1v) is 8.91. The molecule has 20 heavy (non-hydrogen) atoms. The number of aromatic nitrogens is 1. The Kier molecular flexibility index (Phi) is 4.46. The van der Waals surface area contributed by atoms with Crippen molar-refractivity contribution in [2.24, 2.45) is 0 Å². The van der Waals surface area contributed by atoms with Crippen molar-refractivity contribution in [3.63, 3.8) is 0 Å². The SMILES string of the molecule is O=[N+]([O-])c1ccc(SCCS(=O)(=O)Cl)c2cnccc12. The van der Waals surface area contributed by atoms with Gasteiger partial charge in [-0.05, 0) is 12.1 Å². The average Bonchev–Trinajstić information content (AvgIpc) is 2.37. The number of non-ortho nitro benzene ring substituents is 1. The van der Waals surface area contributed by atoms with Crippen LogP contribution in [0.4, 0.5) is 5.69 Å². The monoisotopic (exact) mass is 332 g/mol. The van der Waals surface area contributed by atoms with Crippen LogP contribution in [0, 0.1) is 10.1 Å². The van der Waals surface area contributed by atoms with Gasteiger partial charge < -0.3 is 0 Å². The molecule has 0 aliphatic heterocycles. The zero-order valence-corrected chi connectivity index (χ0v) is 12.4. The number of pyridine rings is 1. The van der Waals surface area contributed by atoms with Crippen molar-refractivity contribution in [2.75, 3.05) is 11.5 Å². The largest absolute Gasteiger partial charge is 0.277 e. The van der Waals surface area contributed by atoms with Crippen LogP contribution in [0.2, 0.25) is 0 Å². The van der Waals surface area contributed by atoms with Gasteiger partial charge in [-0.3, -0.25) is 15.1 Å². The minimum absolute atomic E-state index is 0.00304. The summed E-state index contributed by atoms with van der Waals surface area (Å²) in [4.78, 5) is 15.2. The molecule has 0 saturated heterocycles. The van der Waals surface area contributed by atoms with E-state index in [1.54, 1.807) is 12.1 Å². The van der Waals surface area contributed by atoms with Gasteiger partial charge in [0.25, 0.3) is 5.69 Å². The summed E-state index contributed by atoms with van der Waals surface area (Å²) in [7, 11) is 1.60. The summed E-state index contributed by atoms with van der Waals surface area (Å²) in [6.07, 6.45) is 3.01. The Morgan fingerprint density at radius 1 is 1.30 bits per heavy atom. The van der Waals surface area contributed by atoms with Crippen LogP contribution in [0.5, 0.6) is 0 Å². The maximum Gasteiger partial charge on any atom is 0.277 e. The Bertz CT molecular complexity index is 764. The van der Waals surface area contributed by atoms with Crippen LogP contribution in [-0.4, -0.2) is 29.8 Å². The molecule has 1 heterocycles. The third-order valence-corrected chi connectivity index (χ3v) is 5.02. The van der Waals surface area contributed by atoms with E-state index in [1.165, 1.54) is 30.2 Å². The molecule has 0 bridgehead atoms. The molecule has 0 N–H and O–H groups in total. The predicted molar refractivity (Wildman–Crippen MR) is 78.8 cm³/mol. The van der Waals surface area contributed by atoms with Crippen LogP contribution < -0.4 is 0 Å². The van der Waals surface area contributed by atoms with Gasteiger partial charge in [0.05, 0.1) is 16.1 Å². The third kappa shape index (κ3) is 3.59. The number of nitro benzene ring substituents is 1. The van der Waals surface area contributed by atoms with E-state index in [0.29, 0.717) is 10.8 Å². The molecule has 0 atom stereocenters. The Balaban J connectivity index is 2.36. The molecule has 2 aromatic rings. The molecular weight excluding hydrogens is 324 g/mol. The number of hydrogen-bond donors (Lipinski definition) is 0. The van der Waals surface area contributed by atoms with Crippen molar-refractivity contribution in [2.45, 2.75) is 4.90 Å². The standard InChI is InChI=1S/C11H9ClN2O4S2/c12-20(17,18)6-5-19-11-2-1-10(14(15)16)8-3-4-13-7-9(8)11/h1-4,7H,5-6H2. The minimum Gasteiger partial charge on any atom is -0.264 e. The van der Waals surface area contributed by atoms with Crippen LogP contribution in [0.15, 0.2) is 35.5 Å². The lowest BCUT2D eigenvalue weighted by atomic mass is 10.1. The molecule has 1 aromatic heterocycles. The summed E-state index contributed by atoms with van der Waals surface area (Å²) in [6.45, 7) is 0. The highest BCUT2D eigenvalue weighted by molar-refractivity contribution is 8.14. The van der Waals surface area contributed by atoms with Gasteiger partial charge in [0, 0.05) is 45.2 Å². The van der Waals surface area contributed by atoms with Crippen LogP contribution in [0.25, 0.3) is 10.8 Å². The normalized spacial score (nSPS) is 11.7. The van der Waals surface area contributed by atoms with E-state index in [1.807, 2.05) is 0 Å². The van der Waals surface area contributed by atoms with Crippen molar-refractivity contribution in [1.82, 2.24) is 4.98 Å². The Morgan fingerprint density at radius 3 is 2.70 bits per heavy atom. The quantitative estimate of drug-likeness (QED) is 0.362. The van der Waals surface area contributed by atoms with E-state index in [2.05, 4.69) is 4.98 Å². The average molecular weight is 333 g/mol. The number of nitrogens with zero attached hydrogens (tertiary/aromatic N) is 2. The topological polar surface area (TPSA) is 90.2 Å². The Labute approximate surface area is 123 Å². The first-order chi connectivity index (χ1) is 9.38. The van der Waals surface area contributed by atoms with Gasteiger partial charge in [0.2, 0.25) is 9.05 Å². The van der Waals surface area contributed by atoms with Gasteiger partial charge in [0.15, 0.2) is 0 Å². The van der Waals surface area contributed by atoms with E-state index in [4.69, 9.17) is 10.7 Å². The molecule has 2 rings (SSSR count). The molecule has 1 aromatic carbocycles. The second-order valence-electron chi connectivity index (χ2n) is 3.85. The number of halogens is 1. The van der Waals surface area contributed by atoms with E-state index >= 15 is 0 Å². The number of hydrogen-bond acceptors (Lipinski definition) is 6. The van der Waals surface area contributed by atoms with Crippen LogP contribution in [0.3, 0.4) is 0 Å². The lowest BCUT2D eigenvalue weighted by Crippen LogP contribution is -1.99. The highest BCUT2D eigenvalue weighted by atomic mass is 35.7. The van der Waals surface area contributed by atoms with Crippen molar-refractivity contribution in [3.05, 3.63) is 40.7 Å². The fourth-order valence-corrected chi connectivity index (χ4v) is 4.08. The maximum absolute atomic E-state index is 11.0. The molecule has 0 spiro atoms. The van der Waals surface area contributed by atoms with Gasteiger partial charge in [-0.2, -0.15) is 0 Å². The second kappa shape index (κ2) is 5.94. The third-order valence-electron chi connectivity index (χ3n) is 2.54. The Morgan fingerprint density at radius 2 is 2.05 bits per heavy atom. The van der Waals surface area contributed by atoms with Crippen molar-refractivity contribution < 1.29 is 13.3 Å². The first kappa shape index (κ1) is 15.0. The van der Waals surface area contributed by atoms with Gasteiger partial charge in [0.1, 0.15) is 0 Å². The van der Waals surface area contributed by atoms with E-state index in [9.17, 15) is 18.5 Å². The number of nitro groups is 1. The lowest BCUT2D eigenvalue weighted by molar-refractivity contribution is -0.383. The van der Waals surface area contributed by atoms with Gasteiger partial charge in [-0.25, -0.2) is 8.42 Å². The number of rotatable bonds is 5. The Hall–Kier alpha value is -1.38. The first-order valence-electron chi connectivity index (χ1n) is 5.45. The number of thioether (sulfide) groups is 1. The van der Waals surface area contributed by atoms with E-state index < -0.39 is 14.0 Å². The summed E-state index contributed by atoms with van der Waals surface area (Å²) in [6, 6.07) is 4.56. The minimum atomic E-state index is -3.54. The summed E-state index contributed by atoms with van der Waals surface area (Å²) in [5.74, 6) is 0.103. The van der Waals surface area contributed by atoms with Crippen LogP contribution in [0.1, 0.15) is 0 Å². The highest BCUT2D eigenvalue weighted by Crippen LogP contribution is 2.33. The summed E-state index contributed by atoms with van der Waals surface area (Å²) >= 11 is 1.27. The summed E-state index contributed by atoms with van der Waals surface area (Å²) in [5, 5.41) is 12.1. The lowest BCUT2D eigenvalue weighted by Gasteiger charge is -2.05. The number of fused-ring (bicyclic) bond motifs is 1.